The largest absolute Gasteiger partial charge is 0.460 e. The molecule has 2 rings (SSSR count). The summed E-state index contributed by atoms with van der Waals surface area (Å²) in [4.78, 5) is 23.9. The van der Waals surface area contributed by atoms with Crippen LogP contribution in [0, 0.1) is 0 Å². The van der Waals surface area contributed by atoms with Crippen LogP contribution in [-0.2, 0) is 14.3 Å². The van der Waals surface area contributed by atoms with Crippen molar-refractivity contribution in [2.75, 3.05) is 20.3 Å². The molecule has 0 radical (unpaired) electrons. The van der Waals surface area contributed by atoms with Gasteiger partial charge in [0.05, 0.1) is 18.2 Å². The first kappa shape index (κ1) is 15.1. The van der Waals surface area contributed by atoms with E-state index in [1.165, 1.54) is 7.11 Å². The van der Waals surface area contributed by atoms with Gasteiger partial charge in [-0.2, -0.15) is 0 Å². The normalized spacial score (nSPS) is 18.0. The molecule has 0 unspecified atom stereocenters. The quantitative estimate of drug-likeness (QED) is 0.636. The Bertz CT molecular complexity index is 554. The lowest BCUT2D eigenvalue weighted by molar-refractivity contribution is -0.140. The molecule has 2 amide bonds. The summed E-state index contributed by atoms with van der Waals surface area (Å²) in [5, 5.41) is 5.34. The standard InChI is InChI=1S/C15H18N2O4/c1-10-12(14(18)21-9-8-20-2)13(17-15(19)16-10)11-6-4-3-5-7-11/h3-7,13H,8-9H2,1-2H3,(H2,16,17,19)/t13-/m1/s1. The van der Waals surface area contributed by atoms with Gasteiger partial charge in [0.15, 0.2) is 0 Å². The number of benzene rings is 1. The Morgan fingerprint density at radius 1 is 1.24 bits per heavy atom. The van der Waals surface area contributed by atoms with E-state index in [2.05, 4.69) is 10.6 Å². The van der Waals surface area contributed by atoms with Crippen molar-refractivity contribution < 1.29 is 19.1 Å². The molecule has 0 saturated heterocycles. The maximum absolute atomic E-state index is 12.2. The summed E-state index contributed by atoms with van der Waals surface area (Å²) in [5.74, 6) is -0.467. The molecule has 0 spiro atoms. The van der Waals surface area contributed by atoms with Crippen LogP contribution in [0.2, 0.25) is 0 Å². The zero-order valence-corrected chi connectivity index (χ0v) is 12.0. The van der Waals surface area contributed by atoms with Gasteiger partial charge in [-0.05, 0) is 12.5 Å². The van der Waals surface area contributed by atoms with Gasteiger partial charge in [-0.25, -0.2) is 9.59 Å². The van der Waals surface area contributed by atoms with Gasteiger partial charge in [0.2, 0.25) is 0 Å². The summed E-state index contributed by atoms with van der Waals surface area (Å²) >= 11 is 0. The summed E-state index contributed by atoms with van der Waals surface area (Å²) in [5.41, 5.74) is 1.72. The van der Waals surface area contributed by atoms with Gasteiger partial charge in [-0.3, -0.25) is 0 Å². The monoisotopic (exact) mass is 290 g/mol. The van der Waals surface area contributed by atoms with Crippen LogP contribution < -0.4 is 10.6 Å². The van der Waals surface area contributed by atoms with Crippen LogP contribution in [0.25, 0.3) is 0 Å². The molecular weight excluding hydrogens is 272 g/mol. The number of methoxy groups -OCH3 is 1. The van der Waals surface area contributed by atoms with E-state index in [9.17, 15) is 9.59 Å². The van der Waals surface area contributed by atoms with Crippen molar-refractivity contribution >= 4 is 12.0 Å². The topological polar surface area (TPSA) is 76.7 Å². The lowest BCUT2D eigenvalue weighted by atomic mass is 9.96. The van der Waals surface area contributed by atoms with Gasteiger partial charge in [0.1, 0.15) is 6.61 Å². The number of esters is 1. The third kappa shape index (κ3) is 3.61. The lowest BCUT2D eigenvalue weighted by Crippen LogP contribution is -2.45. The molecule has 112 valence electrons. The fraction of sp³-hybridized carbons (Fsp3) is 0.333. The van der Waals surface area contributed by atoms with Gasteiger partial charge in [-0.15, -0.1) is 0 Å². The third-order valence-corrected chi connectivity index (χ3v) is 3.14. The predicted molar refractivity (Wildman–Crippen MR) is 76.4 cm³/mol. The molecule has 0 aromatic heterocycles. The highest BCUT2D eigenvalue weighted by molar-refractivity contribution is 5.95. The summed E-state index contributed by atoms with van der Waals surface area (Å²) in [6, 6.07) is 8.43. The third-order valence-electron chi connectivity index (χ3n) is 3.14. The minimum atomic E-state index is -0.519. The van der Waals surface area contributed by atoms with Crippen molar-refractivity contribution in [2.45, 2.75) is 13.0 Å². The summed E-state index contributed by atoms with van der Waals surface area (Å²) in [6.07, 6.45) is 0. The fourth-order valence-corrected chi connectivity index (χ4v) is 2.16. The molecule has 0 aliphatic carbocycles. The molecule has 6 heteroatoms. The summed E-state index contributed by atoms with van der Waals surface area (Å²) < 4.78 is 10.0. The highest BCUT2D eigenvalue weighted by Crippen LogP contribution is 2.27. The van der Waals surface area contributed by atoms with Gasteiger partial charge >= 0.3 is 12.0 Å². The molecule has 0 saturated carbocycles. The molecule has 1 aromatic carbocycles. The molecule has 1 atom stereocenters. The van der Waals surface area contributed by atoms with Gasteiger partial charge < -0.3 is 20.1 Å². The highest BCUT2D eigenvalue weighted by Gasteiger charge is 2.31. The van der Waals surface area contributed by atoms with E-state index in [0.717, 1.165) is 5.56 Å². The molecule has 1 aliphatic rings. The number of carbonyl (C=O) groups excluding carboxylic acids is 2. The van der Waals surface area contributed by atoms with Crippen LogP contribution in [-0.4, -0.2) is 32.3 Å². The fourth-order valence-electron chi connectivity index (χ4n) is 2.16. The molecule has 6 nitrogen and oxygen atoms in total. The Hall–Kier alpha value is -2.34. The average molecular weight is 290 g/mol. The van der Waals surface area contributed by atoms with Crippen LogP contribution >= 0.6 is 0 Å². The first-order valence-electron chi connectivity index (χ1n) is 6.62. The molecule has 21 heavy (non-hydrogen) atoms. The first-order valence-corrected chi connectivity index (χ1v) is 6.62. The number of amides is 2. The first-order chi connectivity index (χ1) is 10.1. The van der Waals surface area contributed by atoms with Crippen molar-refractivity contribution in [1.29, 1.82) is 0 Å². The average Bonchev–Trinajstić information content (AvgIpc) is 2.47. The Labute approximate surface area is 123 Å². The maximum Gasteiger partial charge on any atom is 0.338 e. The van der Waals surface area contributed by atoms with Crippen molar-refractivity contribution in [2.24, 2.45) is 0 Å². The number of carbonyl (C=O) groups is 2. The Morgan fingerprint density at radius 3 is 2.62 bits per heavy atom. The van der Waals surface area contributed by atoms with Crippen molar-refractivity contribution in [3.63, 3.8) is 0 Å². The van der Waals surface area contributed by atoms with E-state index in [4.69, 9.17) is 9.47 Å². The summed E-state index contributed by atoms with van der Waals surface area (Å²) in [7, 11) is 1.54. The van der Waals surface area contributed by atoms with Crippen molar-refractivity contribution in [1.82, 2.24) is 10.6 Å². The zero-order valence-electron chi connectivity index (χ0n) is 12.0. The number of rotatable bonds is 5. The molecule has 0 bridgehead atoms. The predicted octanol–water partition coefficient (Wildman–Crippen LogP) is 1.50. The van der Waals surface area contributed by atoms with E-state index >= 15 is 0 Å². The SMILES string of the molecule is COCCOC(=O)C1=C(C)NC(=O)N[C@@H]1c1ccccc1. The van der Waals surface area contributed by atoms with Crippen LogP contribution in [0.3, 0.4) is 0 Å². The van der Waals surface area contributed by atoms with Crippen LogP contribution in [0.15, 0.2) is 41.6 Å². The minimum Gasteiger partial charge on any atom is -0.460 e. The van der Waals surface area contributed by atoms with E-state index in [0.29, 0.717) is 17.9 Å². The molecule has 0 fully saturated rings. The number of hydrogen-bond acceptors (Lipinski definition) is 4. The molecule has 1 heterocycles. The van der Waals surface area contributed by atoms with Gasteiger partial charge in [-0.1, -0.05) is 30.3 Å². The van der Waals surface area contributed by atoms with E-state index in [-0.39, 0.29) is 12.6 Å². The van der Waals surface area contributed by atoms with E-state index in [1.807, 2.05) is 30.3 Å². The van der Waals surface area contributed by atoms with Crippen LogP contribution in [0.1, 0.15) is 18.5 Å². The molecule has 2 N–H and O–H groups in total. The van der Waals surface area contributed by atoms with Crippen molar-refractivity contribution in [3.05, 3.63) is 47.2 Å². The van der Waals surface area contributed by atoms with E-state index in [1.54, 1.807) is 6.92 Å². The Morgan fingerprint density at radius 2 is 1.95 bits per heavy atom. The van der Waals surface area contributed by atoms with Crippen LogP contribution in [0.4, 0.5) is 4.79 Å². The van der Waals surface area contributed by atoms with Crippen molar-refractivity contribution in [3.8, 4) is 0 Å². The Kier molecular flexibility index (Phi) is 4.94. The molecule has 1 aromatic rings. The van der Waals surface area contributed by atoms with Gasteiger partial charge in [0, 0.05) is 12.8 Å². The van der Waals surface area contributed by atoms with E-state index < -0.39 is 12.0 Å². The Balaban J connectivity index is 2.26. The smallest absolute Gasteiger partial charge is 0.338 e. The van der Waals surface area contributed by atoms with Gasteiger partial charge in [0.25, 0.3) is 0 Å². The minimum absolute atomic E-state index is 0.168. The lowest BCUT2D eigenvalue weighted by Gasteiger charge is -2.28. The molecular formula is C15H18N2O4. The second-order valence-corrected chi connectivity index (χ2v) is 4.61. The summed E-state index contributed by atoms with van der Waals surface area (Å²) in [6.45, 7) is 2.18. The number of allylic oxidation sites excluding steroid dienone is 1. The second kappa shape index (κ2) is 6.90. The highest BCUT2D eigenvalue weighted by atomic mass is 16.6. The van der Waals surface area contributed by atoms with Crippen LogP contribution in [0.5, 0.6) is 0 Å². The number of urea groups is 1. The second-order valence-electron chi connectivity index (χ2n) is 4.61. The maximum atomic E-state index is 12.2. The molecule has 1 aliphatic heterocycles. The number of nitrogens with one attached hydrogen (secondary N) is 2. The number of ether oxygens (including phenoxy) is 2. The zero-order chi connectivity index (χ0) is 15.2. The number of hydrogen-bond donors (Lipinski definition) is 2.